The smallest absolute Gasteiger partial charge is 0.404 e. The van der Waals surface area contributed by atoms with Crippen LogP contribution in [0.2, 0.25) is 0 Å². The molecule has 0 saturated heterocycles. The van der Waals surface area contributed by atoms with E-state index < -0.39 is 6.09 Å². The molecule has 1 saturated carbocycles. The SMILES string of the molecule is CC(C)(C)SCC1CC(NC(=O)O)CCC1N. The lowest BCUT2D eigenvalue weighted by Crippen LogP contribution is -2.46. The largest absolute Gasteiger partial charge is 0.465 e. The van der Waals surface area contributed by atoms with Crippen molar-refractivity contribution in [2.24, 2.45) is 11.7 Å². The van der Waals surface area contributed by atoms with Crippen LogP contribution in [-0.2, 0) is 0 Å². The number of nitrogens with one attached hydrogen (secondary N) is 1. The maximum absolute atomic E-state index is 10.6. The maximum Gasteiger partial charge on any atom is 0.404 e. The topological polar surface area (TPSA) is 75.3 Å². The van der Waals surface area contributed by atoms with Crippen LogP contribution in [0.5, 0.6) is 0 Å². The Morgan fingerprint density at radius 2 is 2.12 bits per heavy atom. The molecule has 0 aromatic heterocycles. The van der Waals surface area contributed by atoms with E-state index in [0.717, 1.165) is 25.0 Å². The number of carboxylic acid groups (broad SMARTS) is 1. The quantitative estimate of drug-likeness (QED) is 0.727. The van der Waals surface area contributed by atoms with E-state index in [1.165, 1.54) is 0 Å². The number of hydrogen-bond donors (Lipinski definition) is 3. The number of hydrogen-bond acceptors (Lipinski definition) is 3. The van der Waals surface area contributed by atoms with E-state index in [-0.39, 0.29) is 16.8 Å². The molecule has 1 rings (SSSR count). The third kappa shape index (κ3) is 5.64. The normalized spacial score (nSPS) is 30.0. The summed E-state index contributed by atoms with van der Waals surface area (Å²) < 4.78 is 0.243. The average molecular weight is 260 g/mol. The molecular formula is C12H24N2O2S. The van der Waals surface area contributed by atoms with Gasteiger partial charge in [0.15, 0.2) is 0 Å². The summed E-state index contributed by atoms with van der Waals surface area (Å²) in [5, 5.41) is 11.3. The fourth-order valence-electron chi connectivity index (χ4n) is 2.14. The van der Waals surface area contributed by atoms with E-state index in [4.69, 9.17) is 10.8 Å². The van der Waals surface area contributed by atoms with E-state index in [9.17, 15) is 4.79 Å². The lowest BCUT2D eigenvalue weighted by molar-refractivity contribution is 0.180. The summed E-state index contributed by atoms with van der Waals surface area (Å²) in [4.78, 5) is 10.6. The minimum Gasteiger partial charge on any atom is -0.465 e. The van der Waals surface area contributed by atoms with Gasteiger partial charge in [-0.05, 0) is 30.9 Å². The van der Waals surface area contributed by atoms with Crippen LogP contribution in [0.15, 0.2) is 0 Å². The zero-order valence-electron chi connectivity index (χ0n) is 10.9. The maximum atomic E-state index is 10.6. The summed E-state index contributed by atoms with van der Waals surface area (Å²) in [5.41, 5.74) is 6.11. The summed E-state index contributed by atoms with van der Waals surface area (Å²) in [5.74, 6) is 1.44. The van der Waals surface area contributed by atoms with Crippen LogP contribution in [0.1, 0.15) is 40.0 Å². The first-order chi connectivity index (χ1) is 7.78. The van der Waals surface area contributed by atoms with Crippen molar-refractivity contribution in [1.82, 2.24) is 5.32 Å². The van der Waals surface area contributed by atoms with Gasteiger partial charge in [0, 0.05) is 16.8 Å². The van der Waals surface area contributed by atoms with E-state index in [0.29, 0.717) is 5.92 Å². The molecule has 1 amide bonds. The highest BCUT2D eigenvalue weighted by atomic mass is 32.2. The highest BCUT2D eigenvalue weighted by Crippen LogP contribution is 2.31. The molecule has 5 heteroatoms. The highest BCUT2D eigenvalue weighted by Gasteiger charge is 2.29. The highest BCUT2D eigenvalue weighted by molar-refractivity contribution is 8.00. The summed E-state index contributed by atoms with van der Waals surface area (Å²) in [6, 6.07) is 0.301. The van der Waals surface area contributed by atoms with Crippen molar-refractivity contribution in [3.8, 4) is 0 Å². The lowest BCUT2D eigenvalue weighted by atomic mass is 9.83. The fraction of sp³-hybridized carbons (Fsp3) is 0.917. The van der Waals surface area contributed by atoms with Gasteiger partial charge in [0.05, 0.1) is 0 Å². The monoisotopic (exact) mass is 260 g/mol. The minimum atomic E-state index is -0.923. The summed E-state index contributed by atoms with van der Waals surface area (Å²) in [6.07, 6.45) is 1.73. The van der Waals surface area contributed by atoms with Crippen molar-refractivity contribution in [2.75, 3.05) is 5.75 Å². The summed E-state index contributed by atoms with van der Waals surface area (Å²) in [7, 11) is 0. The Hall–Kier alpha value is -0.420. The van der Waals surface area contributed by atoms with Crippen LogP contribution >= 0.6 is 11.8 Å². The molecule has 100 valence electrons. The Kier molecular flexibility index (Phi) is 5.13. The van der Waals surface area contributed by atoms with Crippen molar-refractivity contribution in [1.29, 1.82) is 0 Å². The van der Waals surface area contributed by atoms with Crippen LogP contribution in [-0.4, -0.2) is 33.8 Å². The van der Waals surface area contributed by atoms with E-state index in [1.54, 1.807) is 0 Å². The second kappa shape index (κ2) is 5.96. The molecule has 1 aliphatic rings. The van der Waals surface area contributed by atoms with Gasteiger partial charge in [0.2, 0.25) is 0 Å². The molecule has 1 aliphatic carbocycles. The van der Waals surface area contributed by atoms with Gasteiger partial charge in [-0.3, -0.25) is 0 Å². The first kappa shape index (κ1) is 14.6. The van der Waals surface area contributed by atoms with Crippen LogP contribution in [0.4, 0.5) is 4.79 Å². The van der Waals surface area contributed by atoms with Gasteiger partial charge in [-0.2, -0.15) is 11.8 Å². The molecule has 0 aromatic carbocycles. The Balaban J connectivity index is 2.43. The van der Waals surface area contributed by atoms with Crippen molar-refractivity contribution in [3.05, 3.63) is 0 Å². The Morgan fingerprint density at radius 1 is 1.47 bits per heavy atom. The number of thioether (sulfide) groups is 1. The molecule has 0 spiro atoms. The van der Waals surface area contributed by atoms with Gasteiger partial charge in [-0.25, -0.2) is 4.79 Å². The van der Waals surface area contributed by atoms with E-state index in [2.05, 4.69) is 26.1 Å². The molecule has 0 radical (unpaired) electrons. The molecule has 1 fully saturated rings. The third-order valence-corrected chi connectivity index (χ3v) is 4.56. The first-order valence-electron chi connectivity index (χ1n) is 6.17. The summed E-state index contributed by atoms with van der Waals surface area (Å²) >= 11 is 1.91. The molecule has 0 bridgehead atoms. The molecule has 4 nitrogen and oxygen atoms in total. The number of nitrogens with two attached hydrogens (primary N) is 1. The van der Waals surface area contributed by atoms with Crippen molar-refractivity contribution in [2.45, 2.75) is 56.9 Å². The Morgan fingerprint density at radius 3 is 2.65 bits per heavy atom. The standard InChI is InChI=1S/C12H24N2O2S/c1-12(2,3)17-7-8-6-9(14-11(15)16)4-5-10(8)13/h8-10,14H,4-7,13H2,1-3H3,(H,15,16). The second-order valence-electron chi connectivity index (χ2n) is 5.81. The minimum absolute atomic E-state index is 0.0814. The van der Waals surface area contributed by atoms with E-state index in [1.807, 2.05) is 11.8 Å². The molecule has 17 heavy (non-hydrogen) atoms. The van der Waals surface area contributed by atoms with Gasteiger partial charge >= 0.3 is 6.09 Å². The molecule has 0 aromatic rings. The molecule has 0 aliphatic heterocycles. The van der Waals surface area contributed by atoms with E-state index >= 15 is 0 Å². The lowest BCUT2D eigenvalue weighted by Gasteiger charge is -2.35. The Labute approximate surface area is 108 Å². The van der Waals surface area contributed by atoms with Crippen LogP contribution < -0.4 is 11.1 Å². The van der Waals surface area contributed by atoms with Gasteiger partial charge < -0.3 is 16.2 Å². The molecule has 3 atom stereocenters. The number of amides is 1. The second-order valence-corrected chi connectivity index (χ2v) is 7.65. The first-order valence-corrected chi connectivity index (χ1v) is 7.15. The summed E-state index contributed by atoms with van der Waals surface area (Å²) in [6.45, 7) is 6.58. The van der Waals surface area contributed by atoms with Crippen molar-refractivity contribution in [3.63, 3.8) is 0 Å². The Bertz CT molecular complexity index is 266. The molecule has 0 heterocycles. The van der Waals surface area contributed by atoms with Gasteiger partial charge in [-0.15, -0.1) is 0 Å². The number of rotatable bonds is 3. The van der Waals surface area contributed by atoms with Crippen molar-refractivity contribution < 1.29 is 9.90 Å². The van der Waals surface area contributed by atoms with Crippen LogP contribution in [0.3, 0.4) is 0 Å². The predicted octanol–water partition coefficient (Wildman–Crippen LogP) is 2.28. The molecule has 3 unspecified atom stereocenters. The number of carbonyl (C=O) groups is 1. The van der Waals surface area contributed by atoms with Crippen LogP contribution in [0.25, 0.3) is 0 Å². The molecular weight excluding hydrogens is 236 g/mol. The molecule has 4 N–H and O–H groups in total. The van der Waals surface area contributed by atoms with Crippen LogP contribution in [0, 0.1) is 5.92 Å². The fourth-order valence-corrected chi connectivity index (χ4v) is 3.24. The zero-order valence-corrected chi connectivity index (χ0v) is 11.7. The van der Waals surface area contributed by atoms with Gasteiger partial charge in [0.1, 0.15) is 0 Å². The average Bonchev–Trinajstić information content (AvgIpc) is 2.17. The van der Waals surface area contributed by atoms with Crippen molar-refractivity contribution >= 4 is 17.9 Å². The predicted molar refractivity (Wildman–Crippen MR) is 72.5 cm³/mol. The van der Waals surface area contributed by atoms with Gasteiger partial charge in [0.25, 0.3) is 0 Å². The van der Waals surface area contributed by atoms with Gasteiger partial charge in [-0.1, -0.05) is 20.8 Å². The zero-order chi connectivity index (χ0) is 13.1. The third-order valence-electron chi connectivity index (χ3n) is 3.10.